The monoisotopic (exact) mass is 515 g/mol. The van der Waals surface area contributed by atoms with E-state index in [1.165, 1.54) is 5.14 Å². The van der Waals surface area contributed by atoms with Gasteiger partial charge in [-0.2, -0.15) is 0 Å². The molecule has 0 nitrogen and oxygen atoms in total. The van der Waals surface area contributed by atoms with Gasteiger partial charge in [-0.15, -0.1) is 0 Å². The van der Waals surface area contributed by atoms with Gasteiger partial charge in [-0.05, 0) is 0 Å². The van der Waals surface area contributed by atoms with Crippen molar-refractivity contribution >= 4 is 30.2 Å². The maximum absolute atomic E-state index is 14.3. The van der Waals surface area contributed by atoms with E-state index in [0.717, 1.165) is 18.3 Å². The first-order valence-electron chi connectivity index (χ1n) is 8.92. The van der Waals surface area contributed by atoms with Crippen molar-refractivity contribution < 1.29 is 22.0 Å². The van der Waals surface area contributed by atoms with Crippen LogP contribution in [0.3, 0.4) is 0 Å². The van der Waals surface area contributed by atoms with Crippen molar-refractivity contribution in [2.75, 3.05) is 0 Å². The minimum atomic E-state index is -2.65. The number of aryl methyl sites for hydroxylation is 1. The van der Waals surface area contributed by atoms with Crippen molar-refractivity contribution in [2.24, 2.45) is 0 Å². The summed E-state index contributed by atoms with van der Waals surface area (Å²) in [6.07, 6.45) is 0. The Hall–Kier alpha value is -1.90. The molecular formula is C22H18BF5I. The Labute approximate surface area is 174 Å². The first kappa shape index (κ1) is 21.8. The van der Waals surface area contributed by atoms with Gasteiger partial charge in [0.1, 0.15) is 0 Å². The molecule has 0 saturated heterocycles. The molecule has 3 aromatic carbocycles. The average Bonchev–Trinajstić information content (AvgIpc) is 2.72. The fourth-order valence-corrected chi connectivity index (χ4v) is 7.61. The molecule has 0 amide bonds. The van der Waals surface area contributed by atoms with Crippen LogP contribution >= 0.6 is 19.6 Å². The second kappa shape index (κ2) is 8.85. The van der Waals surface area contributed by atoms with E-state index in [1.54, 1.807) is 0 Å². The van der Waals surface area contributed by atoms with Crippen LogP contribution < -0.4 is 5.46 Å². The molecule has 0 spiro atoms. The van der Waals surface area contributed by atoms with Crippen molar-refractivity contribution in [1.82, 2.24) is 0 Å². The van der Waals surface area contributed by atoms with Crippen LogP contribution in [0.2, 0.25) is 0 Å². The van der Waals surface area contributed by atoms with Crippen LogP contribution in [0, 0.1) is 43.2 Å². The molecule has 0 aliphatic heterocycles. The summed E-state index contributed by atoms with van der Waals surface area (Å²) < 4.78 is 71.1. The molecule has 0 unspecified atom stereocenters. The predicted molar refractivity (Wildman–Crippen MR) is 115 cm³/mol. The molecule has 3 aromatic rings. The molecule has 0 saturated carbocycles. The normalized spacial score (nSPS) is 11.7. The third kappa shape index (κ3) is 4.49. The number of hydrogen-bond acceptors (Lipinski definition) is 0. The van der Waals surface area contributed by atoms with Crippen molar-refractivity contribution in [2.45, 2.75) is 26.7 Å². The summed E-state index contributed by atoms with van der Waals surface area (Å²) in [5.41, 5.74) is 1.25. The number of hydrogen-bond donors (Lipinski definition) is 0. The molecule has 3 rings (SSSR count). The number of halogens is 6. The third-order valence-electron chi connectivity index (χ3n) is 4.48. The second-order valence-corrected chi connectivity index (χ2v) is 11.8. The Morgan fingerprint density at radius 2 is 1.07 bits per heavy atom. The molecule has 0 aromatic heterocycles. The Morgan fingerprint density at radius 3 is 1.52 bits per heavy atom. The molecule has 0 bridgehead atoms. The van der Waals surface area contributed by atoms with Crippen LogP contribution in [0.25, 0.3) is 0 Å². The van der Waals surface area contributed by atoms with Crippen molar-refractivity contribution in [3.05, 3.63) is 95.9 Å². The van der Waals surface area contributed by atoms with Gasteiger partial charge in [0.2, 0.25) is 0 Å². The van der Waals surface area contributed by atoms with Crippen LogP contribution in [0.5, 0.6) is 0 Å². The fourth-order valence-electron chi connectivity index (χ4n) is 2.73. The van der Waals surface area contributed by atoms with E-state index < -0.39 is 54.2 Å². The molecule has 0 aliphatic carbocycles. The first-order valence-corrected chi connectivity index (χ1v) is 12.3. The summed E-state index contributed by atoms with van der Waals surface area (Å²) in [4.78, 5) is 0. The van der Waals surface area contributed by atoms with Gasteiger partial charge in [-0.1, -0.05) is 0 Å². The van der Waals surface area contributed by atoms with Gasteiger partial charge in [0.25, 0.3) is 0 Å². The zero-order valence-electron chi connectivity index (χ0n) is 16.0. The maximum atomic E-state index is 14.3. The predicted octanol–water partition coefficient (Wildman–Crippen LogP) is 6.30. The van der Waals surface area contributed by atoms with Gasteiger partial charge >= 0.3 is 175 Å². The van der Waals surface area contributed by atoms with E-state index in [0.29, 0.717) is 5.92 Å². The van der Waals surface area contributed by atoms with E-state index in [-0.39, 0.29) is 0 Å². The van der Waals surface area contributed by atoms with E-state index in [1.807, 2.05) is 69.3 Å². The van der Waals surface area contributed by atoms with Crippen LogP contribution in [-0.4, -0.2) is 5.14 Å². The van der Waals surface area contributed by atoms with Gasteiger partial charge in [0, 0.05) is 0 Å². The standard InChI is InChI=1S/C22H18BF5I/c1-12(2)14-6-10-16(11-7-14)29(15-8-4-13(3)5-9-15)23-17-18(24)20(26)22(28)21(27)19(17)25/h4-12H,1-3H3. The zero-order chi connectivity index (χ0) is 21.3. The van der Waals surface area contributed by atoms with Crippen molar-refractivity contribution in [3.63, 3.8) is 0 Å². The van der Waals surface area contributed by atoms with Gasteiger partial charge in [-0.3, -0.25) is 0 Å². The van der Waals surface area contributed by atoms with E-state index in [2.05, 4.69) is 0 Å². The van der Waals surface area contributed by atoms with Crippen LogP contribution in [0.15, 0.2) is 48.5 Å². The Kier molecular flexibility index (Phi) is 6.66. The summed E-state index contributed by atoms with van der Waals surface area (Å²) in [5, 5.41) is 1.25. The fraction of sp³-hybridized carbons (Fsp3) is 0.182. The summed E-state index contributed by atoms with van der Waals surface area (Å²) in [6, 6.07) is 15.1. The molecule has 0 N–H and O–H groups in total. The van der Waals surface area contributed by atoms with Crippen LogP contribution in [0.4, 0.5) is 22.0 Å². The SMILES string of the molecule is Cc1ccc(I([B]c2c(F)c(F)c(F)c(F)c2F)c2ccc(C(C)C)cc2)cc1. The zero-order valence-corrected chi connectivity index (χ0v) is 18.2. The first-order chi connectivity index (χ1) is 13.7. The molecule has 1 radical (unpaired) electrons. The van der Waals surface area contributed by atoms with Gasteiger partial charge in [0.15, 0.2) is 0 Å². The number of benzene rings is 3. The van der Waals surface area contributed by atoms with Gasteiger partial charge < -0.3 is 0 Å². The van der Waals surface area contributed by atoms with Crippen LogP contribution in [-0.2, 0) is 0 Å². The van der Waals surface area contributed by atoms with Crippen LogP contribution in [0.1, 0.15) is 30.9 Å². The second-order valence-electron chi connectivity index (χ2n) is 6.91. The Balaban J connectivity index is 2.11. The Morgan fingerprint density at radius 1 is 0.655 bits per heavy atom. The molecule has 29 heavy (non-hydrogen) atoms. The molecule has 0 heterocycles. The number of rotatable bonds is 5. The molecular weight excluding hydrogens is 497 g/mol. The van der Waals surface area contributed by atoms with E-state index in [9.17, 15) is 22.0 Å². The average molecular weight is 515 g/mol. The molecule has 7 heteroatoms. The Bertz CT molecular complexity index is 988. The third-order valence-corrected chi connectivity index (χ3v) is 9.85. The van der Waals surface area contributed by atoms with E-state index >= 15 is 0 Å². The topological polar surface area (TPSA) is 0 Å². The minimum absolute atomic E-state index is 0.310. The quantitative estimate of drug-likeness (QED) is 0.123. The van der Waals surface area contributed by atoms with Gasteiger partial charge in [0.05, 0.1) is 0 Å². The molecule has 0 aliphatic rings. The summed E-state index contributed by atoms with van der Waals surface area (Å²) in [7, 11) is 0. The van der Waals surface area contributed by atoms with Gasteiger partial charge in [-0.25, -0.2) is 0 Å². The van der Waals surface area contributed by atoms with Crippen molar-refractivity contribution in [1.29, 1.82) is 0 Å². The molecule has 151 valence electrons. The summed E-state index contributed by atoms with van der Waals surface area (Å²) in [6.45, 7) is 6.01. The summed E-state index contributed by atoms with van der Waals surface area (Å²) >= 11 is -2.65. The van der Waals surface area contributed by atoms with E-state index in [4.69, 9.17) is 0 Å². The molecule has 0 fully saturated rings. The van der Waals surface area contributed by atoms with Crippen molar-refractivity contribution in [3.8, 4) is 0 Å². The molecule has 0 atom stereocenters. The summed E-state index contributed by atoms with van der Waals surface area (Å²) in [5.74, 6) is -9.28.